The Morgan fingerprint density at radius 1 is 1.50 bits per heavy atom. The number of rotatable bonds is 1. The van der Waals surface area contributed by atoms with Crippen LogP contribution >= 0.6 is 0 Å². The second kappa shape index (κ2) is 2.66. The minimum atomic E-state index is 0.563. The fourth-order valence-electron chi connectivity index (χ4n) is 1.56. The Balaban J connectivity index is 2.23. The average molecular weight is 163 g/mol. The Morgan fingerprint density at radius 3 is 2.67 bits per heavy atom. The van der Waals surface area contributed by atoms with Gasteiger partial charge in [0.2, 0.25) is 0 Å². The molecule has 0 spiro atoms. The number of nitrogens with zero attached hydrogens (tertiary/aromatic N) is 2. The third kappa shape index (κ3) is 1.11. The van der Waals surface area contributed by atoms with Crippen molar-refractivity contribution in [3.8, 4) is 0 Å². The summed E-state index contributed by atoms with van der Waals surface area (Å²) < 4.78 is 1.73. The first-order valence-corrected chi connectivity index (χ1v) is 4.22. The maximum Gasteiger partial charge on any atom is 0.121 e. The van der Waals surface area contributed by atoms with Crippen LogP contribution in [0.3, 0.4) is 0 Å². The quantitative estimate of drug-likeness (QED) is 0.636. The van der Waals surface area contributed by atoms with Crippen molar-refractivity contribution in [1.29, 1.82) is 0 Å². The molecule has 0 amide bonds. The molecule has 0 radical (unpaired) electrons. The van der Waals surface area contributed by atoms with Crippen LogP contribution in [0.15, 0.2) is 18.2 Å². The Morgan fingerprint density at radius 2 is 2.17 bits per heavy atom. The molecule has 12 heavy (non-hydrogen) atoms. The van der Waals surface area contributed by atoms with Crippen molar-refractivity contribution < 1.29 is 0 Å². The molecule has 0 saturated heterocycles. The van der Waals surface area contributed by atoms with Crippen molar-refractivity contribution in [2.24, 2.45) is 7.05 Å². The average Bonchev–Trinajstić information content (AvgIpc) is 2.61. The Kier molecular flexibility index (Phi) is 1.64. The van der Waals surface area contributed by atoms with E-state index in [-0.39, 0.29) is 0 Å². The van der Waals surface area contributed by atoms with Gasteiger partial charge in [-0.2, -0.15) is 5.10 Å². The van der Waals surface area contributed by atoms with Gasteiger partial charge in [-0.25, -0.2) is 0 Å². The summed E-state index contributed by atoms with van der Waals surface area (Å²) >= 11 is 0. The molecule has 0 fully saturated rings. The lowest BCUT2D eigenvalue weighted by Gasteiger charge is -2.02. The first-order chi connectivity index (χ1) is 5.77. The lowest BCUT2D eigenvalue weighted by atomic mass is 10.0. The van der Waals surface area contributed by atoms with Crippen molar-refractivity contribution >= 4 is 5.82 Å². The van der Waals surface area contributed by atoms with Crippen molar-refractivity contribution in [2.45, 2.75) is 18.8 Å². The monoisotopic (exact) mass is 163 g/mol. The van der Waals surface area contributed by atoms with Gasteiger partial charge in [0.15, 0.2) is 0 Å². The van der Waals surface area contributed by atoms with E-state index in [4.69, 9.17) is 5.73 Å². The van der Waals surface area contributed by atoms with Crippen LogP contribution in [0, 0.1) is 0 Å². The summed E-state index contributed by atoms with van der Waals surface area (Å²) in [5.74, 6) is 1.31. The zero-order valence-corrected chi connectivity index (χ0v) is 7.20. The molecule has 0 bridgehead atoms. The molecular formula is C9H13N3. The molecular weight excluding hydrogens is 150 g/mol. The van der Waals surface area contributed by atoms with Gasteiger partial charge in [0, 0.05) is 19.0 Å². The first-order valence-electron chi connectivity index (χ1n) is 4.22. The second-order valence-electron chi connectivity index (χ2n) is 3.26. The minimum Gasteiger partial charge on any atom is -0.384 e. The third-order valence-corrected chi connectivity index (χ3v) is 2.36. The zero-order chi connectivity index (χ0) is 8.55. The maximum atomic E-state index is 5.69. The predicted molar refractivity (Wildman–Crippen MR) is 48.7 cm³/mol. The van der Waals surface area contributed by atoms with Gasteiger partial charge in [-0.1, -0.05) is 12.2 Å². The number of aromatic nitrogens is 2. The van der Waals surface area contributed by atoms with E-state index in [1.54, 1.807) is 4.68 Å². The summed E-state index contributed by atoms with van der Waals surface area (Å²) in [4.78, 5) is 0. The number of aryl methyl sites for hydroxylation is 1. The molecule has 2 N–H and O–H groups in total. The molecule has 64 valence electrons. The Labute approximate surface area is 71.9 Å². The van der Waals surface area contributed by atoms with Crippen molar-refractivity contribution in [3.63, 3.8) is 0 Å². The van der Waals surface area contributed by atoms with Crippen LogP contribution in [0.2, 0.25) is 0 Å². The van der Waals surface area contributed by atoms with Crippen LogP contribution in [0.5, 0.6) is 0 Å². The largest absolute Gasteiger partial charge is 0.384 e. The number of hydrogen-bond donors (Lipinski definition) is 1. The fourth-order valence-corrected chi connectivity index (χ4v) is 1.56. The highest BCUT2D eigenvalue weighted by molar-refractivity contribution is 5.33. The molecule has 0 aliphatic heterocycles. The van der Waals surface area contributed by atoms with Crippen LogP contribution in [0.1, 0.15) is 24.5 Å². The number of nitrogens with two attached hydrogens (primary N) is 1. The van der Waals surface area contributed by atoms with Gasteiger partial charge in [-0.15, -0.1) is 0 Å². The van der Waals surface area contributed by atoms with Gasteiger partial charge in [-0.3, -0.25) is 4.68 Å². The highest BCUT2D eigenvalue weighted by Gasteiger charge is 2.16. The van der Waals surface area contributed by atoms with Gasteiger partial charge < -0.3 is 5.73 Å². The molecule has 1 aromatic heterocycles. The van der Waals surface area contributed by atoms with E-state index in [1.807, 2.05) is 13.1 Å². The van der Waals surface area contributed by atoms with Crippen molar-refractivity contribution in [3.05, 3.63) is 23.9 Å². The van der Waals surface area contributed by atoms with E-state index < -0.39 is 0 Å². The molecule has 1 heterocycles. The van der Waals surface area contributed by atoms with E-state index >= 15 is 0 Å². The molecule has 2 rings (SSSR count). The molecule has 0 unspecified atom stereocenters. The summed E-state index contributed by atoms with van der Waals surface area (Å²) in [6.07, 6.45) is 6.62. The van der Waals surface area contributed by atoms with E-state index in [0.717, 1.165) is 24.4 Å². The standard InChI is InChI=1S/C9H13N3/c1-12-9(10)6-8(11-12)7-4-2-3-5-7/h2-3,6-7H,4-5,10H2,1H3. The molecule has 0 atom stereocenters. The van der Waals surface area contributed by atoms with Gasteiger partial charge in [0.25, 0.3) is 0 Å². The van der Waals surface area contributed by atoms with E-state index in [1.165, 1.54) is 0 Å². The van der Waals surface area contributed by atoms with Crippen LogP contribution in [0.4, 0.5) is 5.82 Å². The topological polar surface area (TPSA) is 43.8 Å². The fraction of sp³-hybridized carbons (Fsp3) is 0.444. The molecule has 1 aliphatic carbocycles. The van der Waals surface area contributed by atoms with Gasteiger partial charge >= 0.3 is 0 Å². The summed E-state index contributed by atoms with van der Waals surface area (Å²) in [7, 11) is 1.88. The second-order valence-corrected chi connectivity index (χ2v) is 3.26. The maximum absolute atomic E-state index is 5.69. The summed E-state index contributed by atoms with van der Waals surface area (Å²) in [5, 5.41) is 4.34. The summed E-state index contributed by atoms with van der Waals surface area (Å²) in [6, 6.07) is 1.97. The van der Waals surface area contributed by atoms with Gasteiger partial charge in [0.1, 0.15) is 5.82 Å². The van der Waals surface area contributed by atoms with Crippen LogP contribution in [0.25, 0.3) is 0 Å². The molecule has 0 aromatic carbocycles. The number of allylic oxidation sites excluding steroid dienone is 2. The Bertz CT molecular complexity index is 284. The summed E-state index contributed by atoms with van der Waals surface area (Å²) in [5.41, 5.74) is 6.81. The van der Waals surface area contributed by atoms with E-state index in [9.17, 15) is 0 Å². The molecule has 3 heteroatoms. The minimum absolute atomic E-state index is 0.563. The third-order valence-electron chi connectivity index (χ3n) is 2.36. The van der Waals surface area contributed by atoms with Gasteiger partial charge in [-0.05, 0) is 12.8 Å². The van der Waals surface area contributed by atoms with E-state index in [0.29, 0.717) is 5.92 Å². The van der Waals surface area contributed by atoms with Crippen molar-refractivity contribution in [1.82, 2.24) is 9.78 Å². The first kappa shape index (κ1) is 7.40. The molecule has 0 saturated carbocycles. The number of nitrogen functional groups attached to an aromatic ring is 1. The van der Waals surface area contributed by atoms with Crippen molar-refractivity contribution in [2.75, 3.05) is 5.73 Å². The molecule has 3 nitrogen and oxygen atoms in total. The van der Waals surface area contributed by atoms with Gasteiger partial charge in [0.05, 0.1) is 5.69 Å². The smallest absolute Gasteiger partial charge is 0.121 e. The lowest BCUT2D eigenvalue weighted by molar-refractivity contribution is 0.677. The highest BCUT2D eigenvalue weighted by Crippen LogP contribution is 2.28. The zero-order valence-electron chi connectivity index (χ0n) is 7.20. The van der Waals surface area contributed by atoms with Crippen LogP contribution < -0.4 is 5.73 Å². The SMILES string of the molecule is Cn1nc(C2CC=CC2)cc1N. The number of hydrogen-bond acceptors (Lipinski definition) is 2. The normalized spacial score (nSPS) is 17.4. The molecule has 1 aromatic rings. The highest BCUT2D eigenvalue weighted by atomic mass is 15.3. The van der Waals surface area contributed by atoms with Crippen LogP contribution in [-0.2, 0) is 7.05 Å². The van der Waals surface area contributed by atoms with Crippen LogP contribution in [-0.4, -0.2) is 9.78 Å². The Hall–Kier alpha value is -1.25. The number of anilines is 1. The van der Waals surface area contributed by atoms with E-state index in [2.05, 4.69) is 17.3 Å². The predicted octanol–water partition coefficient (Wildman–Crippen LogP) is 1.44. The molecule has 1 aliphatic rings. The lowest BCUT2D eigenvalue weighted by Crippen LogP contribution is -1.98. The summed E-state index contributed by atoms with van der Waals surface area (Å²) in [6.45, 7) is 0.